The summed E-state index contributed by atoms with van der Waals surface area (Å²) >= 11 is 0. The Morgan fingerprint density at radius 1 is 0.917 bits per heavy atom. The van der Waals surface area contributed by atoms with Gasteiger partial charge in [0.05, 0.1) is 15.5 Å². The van der Waals surface area contributed by atoms with Crippen molar-refractivity contribution in [3.8, 4) is 0 Å². The molecule has 7 heteroatoms. The maximum Gasteiger partial charge on any atom is 0.261 e. The lowest BCUT2D eigenvalue weighted by Gasteiger charge is -2.10. The molecule has 0 saturated heterocycles. The lowest BCUT2D eigenvalue weighted by molar-refractivity contribution is 0.599. The molecule has 2 rings (SSSR count). The number of benzene rings is 2. The standard InChI is InChI=1S/C17H21NO4S2/c1-13(2)11-14-7-9-16(10-8-14)24(21,22)18-15-5-4-6-17(12-15)23(3,19)20/h4-10,12-13,18H,11H2,1-3H3. The van der Waals surface area contributed by atoms with Crippen LogP contribution in [0.2, 0.25) is 0 Å². The largest absolute Gasteiger partial charge is 0.280 e. The minimum absolute atomic E-state index is 0.0648. The van der Waals surface area contributed by atoms with Crippen molar-refractivity contribution in [2.24, 2.45) is 5.92 Å². The van der Waals surface area contributed by atoms with E-state index in [2.05, 4.69) is 18.6 Å². The highest BCUT2D eigenvalue weighted by Crippen LogP contribution is 2.20. The van der Waals surface area contributed by atoms with Gasteiger partial charge in [0.1, 0.15) is 0 Å². The van der Waals surface area contributed by atoms with Crippen molar-refractivity contribution in [1.82, 2.24) is 0 Å². The van der Waals surface area contributed by atoms with Crippen LogP contribution in [-0.4, -0.2) is 23.1 Å². The Morgan fingerprint density at radius 3 is 2.08 bits per heavy atom. The molecule has 0 aliphatic heterocycles. The molecular weight excluding hydrogens is 346 g/mol. The van der Waals surface area contributed by atoms with Gasteiger partial charge in [-0.1, -0.05) is 32.0 Å². The van der Waals surface area contributed by atoms with Crippen LogP contribution in [0.3, 0.4) is 0 Å². The van der Waals surface area contributed by atoms with Gasteiger partial charge in [-0.2, -0.15) is 0 Å². The van der Waals surface area contributed by atoms with Gasteiger partial charge in [0, 0.05) is 6.26 Å². The predicted octanol–water partition coefficient (Wildman–Crippen LogP) is 3.09. The summed E-state index contributed by atoms with van der Waals surface area (Å²) in [6.07, 6.45) is 1.96. The zero-order valence-corrected chi connectivity index (χ0v) is 15.5. The molecule has 0 amide bonds. The second-order valence-electron chi connectivity index (χ2n) is 6.15. The van der Waals surface area contributed by atoms with E-state index >= 15 is 0 Å². The summed E-state index contributed by atoms with van der Waals surface area (Å²) in [5.41, 5.74) is 1.28. The summed E-state index contributed by atoms with van der Waals surface area (Å²) in [7, 11) is -7.16. The Balaban J connectivity index is 2.25. The number of rotatable bonds is 6. The maximum atomic E-state index is 12.4. The molecule has 0 radical (unpaired) electrons. The Bertz CT molecular complexity index is 915. The van der Waals surface area contributed by atoms with E-state index in [-0.39, 0.29) is 15.5 Å². The van der Waals surface area contributed by atoms with Gasteiger partial charge in [-0.15, -0.1) is 0 Å². The van der Waals surface area contributed by atoms with Gasteiger partial charge >= 0.3 is 0 Å². The van der Waals surface area contributed by atoms with E-state index in [1.54, 1.807) is 24.3 Å². The number of sulfonamides is 1. The first kappa shape index (κ1) is 18.5. The first-order valence-electron chi connectivity index (χ1n) is 7.50. The van der Waals surface area contributed by atoms with Crippen molar-refractivity contribution < 1.29 is 16.8 Å². The summed E-state index contributed by atoms with van der Waals surface area (Å²) in [4.78, 5) is 0.203. The summed E-state index contributed by atoms with van der Waals surface area (Å²) in [6, 6.07) is 12.4. The Labute approximate surface area is 143 Å². The molecule has 0 saturated carbocycles. The molecule has 0 fully saturated rings. The highest BCUT2D eigenvalue weighted by molar-refractivity contribution is 7.92. The molecule has 2 aromatic carbocycles. The van der Waals surface area contributed by atoms with Crippen LogP contribution in [0.1, 0.15) is 19.4 Å². The fraction of sp³-hybridized carbons (Fsp3) is 0.294. The molecule has 0 unspecified atom stereocenters. The first-order valence-corrected chi connectivity index (χ1v) is 10.9. The topological polar surface area (TPSA) is 80.3 Å². The average Bonchev–Trinajstić information content (AvgIpc) is 2.46. The van der Waals surface area contributed by atoms with Crippen LogP contribution in [0.4, 0.5) is 5.69 Å². The van der Waals surface area contributed by atoms with Crippen molar-refractivity contribution in [2.75, 3.05) is 11.0 Å². The number of anilines is 1. The second kappa shape index (κ2) is 6.94. The van der Waals surface area contributed by atoms with Gasteiger partial charge in [0.15, 0.2) is 9.84 Å². The monoisotopic (exact) mass is 367 g/mol. The lowest BCUT2D eigenvalue weighted by atomic mass is 10.0. The van der Waals surface area contributed by atoms with Crippen LogP contribution in [-0.2, 0) is 26.3 Å². The van der Waals surface area contributed by atoms with Crippen molar-refractivity contribution in [1.29, 1.82) is 0 Å². The van der Waals surface area contributed by atoms with Crippen LogP contribution in [0.15, 0.2) is 58.3 Å². The fourth-order valence-electron chi connectivity index (χ4n) is 2.28. The van der Waals surface area contributed by atoms with Crippen molar-refractivity contribution >= 4 is 25.5 Å². The van der Waals surface area contributed by atoms with Gasteiger partial charge in [-0.05, 0) is 48.2 Å². The van der Waals surface area contributed by atoms with Crippen molar-refractivity contribution in [2.45, 2.75) is 30.1 Å². The van der Waals surface area contributed by atoms with Gasteiger partial charge < -0.3 is 0 Å². The minimum atomic E-state index is -3.77. The number of sulfone groups is 1. The van der Waals surface area contributed by atoms with Crippen LogP contribution in [0.25, 0.3) is 0 Å². The van der Waals surface area contributed by atoms with E-state index in [1.165, 1.54) is 24.3 Å². The van der Waals surface area contributed by atoms with Crippen LogP contribution >= 0.6 is 0 Å². The molecular formula is C17H21NO4S2. The Morgan fingerprint density at radius 2 is 1.54 bits per heavy atom. The summed E-state index contributed by atoms with van der Waals surface area (Å²) in [6.45, 7) is 4.20. The molecule has 0 spiro atoms. The SMILES string of the molecule is CC(C)Cc1ccc(S(=O)(=O)Nc2cccc(S(C)(=O)=O)c2)cc1. The van der Waals surface area contributed by atoms with Gasteiger partial charge in [-0.25, -0.2) is 16.8 Å². The maximum absolute atomic E-state index is 12.4. The van der Waals surface area contributed by atoms with Gasteiger partial charge in [-0.3, -0.25) is 4.72 Å². The number of hydrogen-bond acceptors (Lipinski definition) is 4. The zero-order chi connectivity index (χ0) is 18.0. The zero-order valence-electron chi connectivity index (χ0n) is 13.9. The normalized spacial score (nSPS) is 12.3. The van der Waals surface area contributed by atoms with E-state index < -0.39 is 19.9 Å². The minimum Gasteiger partial charge on any atom is -0.280 e. The molecule has 0 aliphatic carbocycles. The predicted molar refractivity (Wildman–Crippen MR) is 95.3 cm³/mol. The van der Waals surface area contributed by atoms with Gasteiger partial charge in [0.2, 0.25) is 0 Å². The molecule has 1 N–H and O–H groups in total. The van der Waals surface area contributed by atoms with E-state index in [0.717, 1.165) is 18.2 Å². The molecule has 0 atom stereocenters. The van der Waals surface area contributed by atoms with E-state index in [1.807, 2.05) is 0 Å². The van der Waals surface area contributed by atoms with Crippen LogP contribution in [0, 0.1) is 5.92 Å². The molecule has 2 aromatic rings. The molecule has 130 valence electrons. The summed E-state index contributed by atoms with van der Waals surface area (Å²) in [5.74, 6) is 0.490. The fourth-order valence-corrected chi connectivity index (χ4v) is 4.00. The highest BCUT2D eigenvalue weighted by Gasteiger charge is 2.15. The van der Waals surface area contributed by atoms with E-state index in [9.17, 15) is 16.8 Å². The molecule has 0 heterocycles. The lowest BCUT2D eigenvalue weighted by Crippen LogP contribution is -2.13. The van der Waals surface area contributed by atoms with Crippen LogP contribution < -0.4 is 4.72 Å². The Hall–Kier alpha value is -1.86. The smallest absolute Gasteiger partial charge is 0.261 e. The van der Waals surface area contributed by atoms with Gasteiger partial charge in [0.25, 0.3) is 10.0 Å². The first-order chi connectivity index (χ1) is 11.1. The third kappa shape index (κ3) is 4.82. The van der Waals surface area contributed by atoms with Crippen molar-refractivity contribution in [3.05, 3.63) is 54.1 Å². The van der Waals surface area contributed by atoms with E-state index in [0.29, 0.717) is 5.92 Å². The van der Waals surface area contributed by atoms with Crippen LogP contribution in [0.5, 0.6) is 0 Å². The Kier molecular flexibility index (Phi) is 5.35. The average molecular weight is 367 g/mol. The molecule has 0 bridgehead atoms. The highest BCUT2D eigenvalue weighted by atomic mass is 32.2. The summed E-state index contributed by atoms with van der Waals surface area (Å²) < 4.78 is 50.4. The van der Waals surface area contributed by atoms with Crippen molar-refractivity contribution in [3.63, 3.8) is 0 Å². The third-order valence-electron chi connectivity index (χ3n) is 3.39. The molecule has 0 aromatic heterocycles. The molecule has 0 aliphatic rings. The molecule has 24 heavy (non-hydrogen) atoms. The summed E-state index contributed by atoms with van der Waals surface area (Å²) in [5, 5.41) is 0. The third-order valence-corrected chi connectivity index (χ3v) is 5.90. The number of hydrogen-bond donors (Lipinski definition) is 1. The second-order valence-corrected chi connectivity index (χ2v) is 9.85. The van der Waals surface area contributed by atoms with E-state index in [4.69, 9.17) is 0 Å². The number of nitrogens with one attached hydrogen (secondary N) is 1. The molecule has 5 nitrogen and oxygen atoms in total. The quantitative estimate of drug-likeness (QED) is 0.851.